The first-order valence-electron chi connectivity index (χ1n) is 6.42. The first-order valence-corrected chi connectivity index (χ1v) is 6.42. The van der Waals surface area contributed by atoms with E-state index >= 15 is 0 Å². The van der Waals surface area contributed by atoms with Crippen LogP contribution in [-0.4, -0.2) is 11.6 Å². The van der Waals surface area contributed by atoms with E-state index < -0.39 is 0 Å². The molecule has 0 saturated heterocycles. The van der Waals surface area contributed by atoms with E-state index in [4.69, 9.17) is 5.41 Å². The Bertz CT molecular complexity index is 813. The lowest BCUT2D eigenvalue weighted by molar-refractivity contribution is 0.103. The van der Waals surface area contributed by atoms with Crippen molar-refractivity contribution in [2.24, 2.45) is 0 Å². The third-order valence-electron chi connectivity index (χ3n) is 3.34. The van der Waals surface area contributed by atoms with Crippen molar-refractivity contribution >= 4 is 17.3 Å². The maximum Gasteiger partial charge on any atom is 0.205 e. The standard InChI is InChI=1S/C17H11N3O/c18-10-14(16(21)11-6-2-1-3-7-11)15-12-8-4-5-9-13(12)17(19)20-15/h1-9H,(H2,19,20). The monoisotopic (exact) mass is 273 g/mol. The van der Waals surface area contributed by atoms with Gasteiger partial charge in [0.15, 0.2) is 0 Å². The van der Waals surface area contributed by atoms with Gasteiger partial charge in [0, 0.05) is 16.7 Å². The summed E-state index contributed by atoms with van der Waals surface area (Å²) in [5, 5.41) is 20.1. The van der Waals surface area contributed by atoms with Crippen LogP contribution in [-0.2, 0) is 0 Å². The molecule has 21 heavy (non-hydrogen) atoms. The smallest absolute Gasteiger partial charge is 0.205 e. The van der Waals surface area contributed by atoms with E-state index in [0.29, 0.717) is 22.4 Å². The average Bonchev–Trinajstić information content (AvgIpc) is 2.86. The Labute approximate surface area is 121 Å². The van der Waals surface area contributed by atoms with Crippen LogP contribution < -0.4 is 5.32 Å². The van der Waals surface area contributed by atoms with Crippen LogP contribution >= 0.6 is 0 Å². The Kier molecular flexibility index (Phi) is 3.09. The Hall–Kier alpha value is -3.19. The van der Waals surface area contributed by atoms with Crippen molar-refractivity contribution in [2.45, 2.75) is 0 Å². The van der Waals surface area contributed by atoms with Crippen LogP contribution in [0.1, 0.15) is 21.5 Å². The Morgan fingerprint density at radius 3 is 2.29 bits per heavy atom. The summed E-state index contributed by atoms with van der Waals surface area (Å²) in [6.45, 7) is 0. The zero-order valence-corrected chi connectivity index (χ0v) is 11.1. The van der Waals surface area contributed by atoms with Crippen molar-refractivity contribution in [2.75, 3.05) is 0 Å². The molecule has 1 heterocycles. The summed E-state index contributed by atoms with van der Waals surface area (Å²) in [7, 11) is 0. The number of carbonyl (C=O) groups excluding carboxylic acids is 1. The van der Waals surface area contributed by atoms with E-state index in [0.717, 1.165) is 0 Å². The van der Waals surface area contributed by atoms with Crippen LogP contribution in [0.25, 0.3) is 5.70 Å². The summed E-state index contributed by atoms with van der Waals surface area (Å²) in [6, 6.07) is 17.9. The number of carbonyl (C=O) groups is 1. The number of hydrogen-bond acceptors (Lipinski definition) is 3. The topological polar surface area (TPSA) is 76.7 Å². The number of nitriles is 1. The van der Waals surface area contributed by atoms with Crippen molar-refractivity contribution in [3.05, 3.63) is 76.9 Å². The van der Waals surface area contributed by atoms with Gasteiger partial charge in [-0.25, -0.2) is 0 Å². The number of fused-ring (bicyclic) bond motifs is 1. The van der Waals surface area contributed by atoms with E-state index in [1.54, 1.807) is 36.4 Å². The maximum absolute atomic E-state index is 12.5. The molecule has 0 bridgehead atoms. The lowest BCUT2D eigenvalue weighted by Crippen LogP contribution is -2.16. The van der Waals surface area contributed by atoms with Crippen LogP contribution in [0.4, 0.5) is 0 Å². The summed E-state index contributed by atoms with van der Waals surface area (Å²) >= 11 is 0. The average molecular weight is 273 g/mol. The highest BCUT2D eigenvalue weighted by Crippen LogP contribution is 2.27. The van der Waals surface area contributed by atoms with Gasteiger partial charge < -0.3 is 5.32 Å². The van der Waals surface area contributed by atoms with Gasteiger partial charge in [0.2, 0.25) is 5.78 Å². The highest BCUT2D eigenvalue weighted by atomic mass is 16.1. The second-order valence-corrected chi connectivity index (χ2v) is 4.60. The minimum atomic E-state index is -0.342. The van der Waals surface area contributed by atoms with Crippen molar-refractivity contribution in [1.29, 1.82) is 10.7 Å². The fourth-order valence-corrected chi connectivity index (χ4v) is 2.33. The number of nitrogens with one attached hydrogen (secondary N) is 2. The first kappa shape index (κ1) is 12.8. The van der Waals surface area contributed by atoms with Crippen LogP contribution in [0.5, 0.6) is 0 Å². The second-order valence-electron chi connectivity index (χ2n) is 4.60. The van der Waals surface area contributed by atoms with Crippen molar-refractivity contribution in [3.63, 3.8) is 0 Å². The van der Waals surface area contributed by atoms with Crippen molar-refractivity contribution in [3.8, 4) is 6.07 Å². The van der Waals surface area contributed by atoms with E-state index in [1.807, 2.05) is 24.3 Å². The lowest BCUT2D eigenvalue weighted by atomic mass is 9.99. The number of ketones is 1. The van der Waals surface area contributed by atoms with Gasteiger partial charge in [-0.3, -0.25) is 10.2 Å². The molecule has 0 fully saturated rings. The zero-order valence-electron chi connectivity index (χ0n) is 11.1. The SMILES string of the molecule is N#CC(C(=O)c1ccccc1)=C1NC(=N)c2ccccc21. The minimum Gasteiger partial charge on any atom is -0.338 e. The van der Waals surface area contributed by atoms with Gasteiger partial charge in [0.25, 0.3) is 0 Å². The summed E-state index contributed by atoms with van der Waals surface area (Å²) in [4.78, 5) is 12.5. The molecular formula is C17H11N3O. The second kappa shape index (κ2) is 5.06. The predicted octanol–water partition coefficient (Wildman–Crippen LogP) is 2.73. The van der Waals surface area contributed by atoms with Crippen LogP contribution in [0.2, 0.25) is 0 Å². The third-order valence-corrected chi connectivity index (χ3v) is 3.34. The summed E-state index contributed by atoms with van der Waals surface area (Å²) in [5.41, 5.74) is 2.30. The number of nitrogens with zero attached hydrogens (tertiary/aromatic N) is 1. The first-order chi connectivity index (χ1) is 10.2. The molecule has 2 aromatic rings. The molecule has 3 rings (SSSR count). The molecule has 1 aliphatic rings. The molecule has 0 saturated carbocycles. The van der Waals surface area contributed by atoms with Crippen molar-refractivity contribution in [1.82, 2.24) is 5.32 Å². The largest absolute Gasteiger partial charge is 0.338 e. The van der Waals surface area contributed by atoms with E-state index in [9.17, 15) is 10.1 Å². The van der Waals surface area contributed by atoms with Crippen molar-refractivity contribution < 1.29 is 4.79 Å². The molecule has 0 aliphatic carbocycles. The van der Waals surface area contributed by atoms with Crippen LogP contribution in [0, 0.1) is 16.7 Å². The number of amidine groups is 1. The molecule has 0 unspecified atom stereocenters. The molecule has 0 atom stereocenters. The summed E-state index contributed by atoms with van der Waals surface area (Å²) < 4.78 is 0. The van der Waals surface area contributed by atoms with Gasteiger partial charge in [-0.1, -0.05) is 54.6 Å². The molecule has 4 heteroatoms. The molecule has 0 aromatic heterocycles. The molecular weight excluding hydrogens is 262 g/mol. The fourth-order valence-electron chi connectivity index (χ4n) is 2.33. The lowest BCUT2D eigenvalue weighted by Gasteiger charge is -2.05. The quantitative estimate of drug-likeness (QED) is 0.502. The molecule has 4 nitrogen and oxygen atoms in total. The third kappa shape index (κ3) is 2.11. The molecule has 0 spiro atoms. The maximum atomic E-state index is 12.5. The summed E-state index contributed by atoms with van der Waals surface area (Å²) in [5.74, 6) is -0.140. The fraction of sp³-hybridized carbons (Fsp3) is 0. The molecule has 2 N–H and O–H groups in total. The number of benzene rings is 2. The number of hydrogen-bond donors (Lipinski definition) is 2. The van der Waals surface area contributed by atoms with E-state index in [2.05, 4.69) is 5.32 Å². The van der Waals surface area contributed by atoms with Crippen LogP contribution in [0.15, 0.2) is 60.2 Å². The Morgan fingerprint density at radius 1 is 1.00 bits per heavy atom. The van der Waals surface area contributed by atoms with Crippen LogP contribution in [0.3, 0.4) is 0 Å². The van der Waals surface area contributed by atoms with E-state index in [1.165, 1.54) is 0 Å². The number of allylic oxidation sites excluding steroid dienone is 1. The number of rotatable bonds is 2. The van der Waals surface area contributed by atoms with E-state index in [-0.39, 0.29) is 17.2 Å². The Morgan fingerprint density at radius 2 is 1.62 bits per heavy atom. The predicted molar refractivity (Wildman–Crippen MR) is 79.7 cm³/mol. The van der Waals surface area contributed by atoms with Gasteiger partial charge in [0.1, 0.15) is 17.5 Å². The van der Waals surface area contributed by atoms with Gasteiger partial charge in [-0.2, -0.15) is 5.26 Å². The Balaban J connectivity index is 2.15. The normalized spacial score (nSPS) is 14.9. The van der Waals surface area contributed by atoms with Gasteiger partial charge in [-0.15, -0.1) is 0 Å². The molecule has 2 aromatic carbocycles. The molecule has 100 valence electrons. The minimum absolute atomic E-state index is 0.0240. The summed E-state index contributed by atoms with van der Waals surface area (Å²) in [6.07, 6.45) is 0. The molecule has 1 aliphatic heterocycles. The number of Topliss-reactive ketones (excluding diaryl/α,β-unsaturated/α-hetero) is 1. The highest BCUT2D eigenvalue weighted by molar-refractivity contribution is 6.21. The van der Waals surface area contributed by atoms with Gasteiger partial charge >= 0.3 is 0 Å². The van der Waals surface area contributed by atoms with Gasteiger partial charge in [-0.05, 0) is 0 Å². The highest BCUT2D eigenvalue weighted by Gasteiger charge is 2.26. The van der Waals surface area contributed by atoms with Gasteiger partial charge in [0.05, 0.1) is 5.70 Å². The molecule has 0 amide bonds. The molecule has 0 radical (unpaired) electrons. The zero-order chi connectivity index (χ0) is 14.8.